The Bertz CT molecular complexity index is 303. The average molecular weight is 202 g/mol. The van der Waals surface area contributed by atoms with Crippen LogP contribution in [0.5, 0.6) is 0 Å². The molecule has 0 unspecified atom stereocenters. The third-order valence-corrected chi connectivity index (χ3v) is 1.36. The summed E-state index contributed by atoms with van der Waals surface area (Å²) in [5.41, 5.74) is -0.0372. The van der Waals surface area contributed by atoms with Crippen LogP contribution in [0.25, 0.3) is 0 Å². The van der Waals surface area contributed by atoms with Gasteiger partial charge in [0, 0.05) is 0 Å². The van der Waals surface area contributed by atoms with Gasteiger partial charge in [0.15, 0.2) is 0 Å². The van der Waals surface area contributed by atoms with Crippen molar-refractivity contribution in [1.82, 2.24) is 0 Å². The molecule has 0 saturated carbocycles. The first-order chi connectivity index (χ1) is 5.61. The summed E-state index contributed by atoms with van der Waals surface area (Å²) in [6.07, 6.45) is 0. The topological polar surface area (TPSA) is 138 Å². The normalized spacial score (nSPS) is 8.00. The van der Waals surface area contributed by atoms with Crippen molar-refractivity contribution in [2.24, 2.45) is 0 Å². The monoisotopic (exact) mass is 202 g/mol. The van der Waals surface area contributed by atoms with Crippen molar-refractivity contribution in [1.29, 1.82) is 0 Å². The Morgan fingerprint density at radius 2 is 1.29 bits per heavy atom. The lowest BCUT2D eigenvalue weighted by atomic mass is 10.1. The molecule has 0 heterocycles. The zero-order valence-corrected chi connectivity index (χ0v) is 7.02. The highest BCUT2D eigenvalue weighted by Gasteiger charge is 2.06. The van der Waals surface area contributed by atoms with Crippen LogP contribution in [-0.4, -0.2) is 33.1 Å². The van der Waals surface area contributed by atoms with Crippen LogP contribution in [0.15, 0.2) is 24.3 Å². The molecular weight excluding hydrogens is 192 g/mol. The number of hydrogen-bond donors (Lipinski definition) is 2. The van der Waals surface area contributed by atoms with Crippen LogP contribution in [0.4, 0.5) is 0 Å². The van der Waals surface area contributed by atoms with Gasteiger partial charge in [0.05, 0.1) is 11.1 Å². The van der Waals surface area contributed by atoms with Gasteiger partial charge in [-0.1, -0.05) is 6.07 Å². The summed E-state index contributed by atoms with van der Waals surface area (Å²) < 4.78 is 0. The maximum Gasteiger partial charge on any atom is 0.335 e. The fraction of sp³-hybridized carbons (Fsp3) is 0. The maximum atomic E-state index is 10.4. The van der Waals surface area contributed by atoms with Gasteiger partial charge in [-0.15, -0.1) is 0 Å². The summed E-state index contributed by atoms with van der Waals surface area (Å²) in [6, 6.07) is 5.20. The highest BCUT2D eigenvalue weighted by Crippen LogP contribution is 2.04. The predicted molar refractivity (Wildman–Crippen MR) is 47.6 cm³/mol. The minimum Gasteiger partial charge on any atom is -0.478 e. The van der Waals surface area contributed by atoms with Crippen LogP contribution in [0.1, 0.15) is 20.7 Å². The molecule has 1 aromatic carbocycles. The predicted octanol–water partition coefficient (Wildman–Crippen LogP) is -0.566. The molecule has 1 rings (SSSR count). The summed E-state index contributed by atoms with van der Waals surface area (Å²) >= 11 is 0. The number of aromatic carboxylic acids is 2. The first-order valence-electron chi connectivity index (χ1n) is 3.18. The van der Waals surface area contributed by atoms with Gasteiger partial charge in [-0.25, -0.2) is 9.59 Å². The van der Waals surface area contributed by atoms with E-state index < -0.39 is 11.9 Å². The van der Waals surface area contributed by atoms with Crippen LogP contribution in [0, 0.1) is 0 Å². The molecule has 0 bridgehead atoms. The van der Waals surface area contributed by atoms with Gasteiger partial charge in [0.2, 0.25) is 0 Å². The van der Waals surface area contributed by atoms with E-state index in [9.17, 15) is 9.59 Å². The van der Waals surface area contributed by atoms with E-state index in [-0.39, 0.29) is 22.1 Å². The Kier molecular flexibility index (Phi) is 5.92. The van der Waals surface area contributed by atoms with E-state index in [1.807, 2.05) is 0 Å². The molecule has 78 valence electrons. The summed E-state index contributed by atoms with van der Waals surface area (Å²) in [4.78, 5) is 20.8. The lowest BCUT2D eigenvalue weighted by Crippen LogP contribution is -2.01. The summed E-state index contributed by atoms with van der Waals surface area (Å²) in [5, 5.41) is 17.0. The van der Waals surface area contributed by atoms with Crippen molar-refractivity contribution >= 4 is 11.9 Å². The SMILES string of the molecule is O.O.O=C(O)c1cccc(C(=O)O)c1. The molecule has 0 saturated heterocycles. The van der Waals surface area contributed by atoms with Crippen LogP contribution in [-0.2, 0) is 0 Å². The number of rotatable bonds is 2. The highest BCUT2D eigenvalue weighted by molar-refractivity contribution is 5.93. The fourth-order valence-electron chi connectivity index (χ4n) is 0.785. The first kappa shape index (κ1) is 14.6. The van der Waals surface area contributed by atoms with Crippen LogP contribution in [0.3, 0.4) is 0 Å². The molecule has 6 heteroatoms. The Morgan fingerprint density at radius 1 is 0.929 bits per heavy atom. The number of hydrogen-bond acceptors (Lipinski definition) is 2. The minimum absolute atomic E-state index is 0. The van der Waals surface area contributed by atoms with E-state index in [1.165, 1.54) is 18.2 Å². The average Bonchev–Trinajstić information content (AvgIpc) is 2.04. The fourth-order valence-corrected chi connectivity index (χ4v) is 0.785. The van der Waals surface area contributed by atoms with Crippen molar-refractivity contribution < 1.29 is 30.8 Å². The molecule has 0 spiro atoms. The largest absolute Gasteiger partial charge is 0.478 e. The van der Waals surface area contributed by atoms with Crippen molar-refractivity contribution in [3.05, 3.63) is 35.4 Å². The molecule has 0 aliphatic rings. The molecule has 0 aliphatic heterocycles. The van der Waals surface area contributed by atoms with Gasteiger partial charge >= 0.3 is 11.9 Å². The lowest BCUT2D eigenvalue weighted by Gasteiger charge is -1.95. The first-order valence-corrected chi connectivity index (χ1v) is 3.18. The van der Waals surface area contributed by atoms with Gasteiger partial charge < -0.3 is 21.2 Å². The number of carboxylic acid groups (broad SMARTS) is 2. The third-order valence-electron chi connectivity index (χ3n) is 1.36. The summed E-state index contributed by atoms with van der Waals surface area (Å²) in [5.74, 6) is -2.25. The van der Waals surface area contributed by atoms with Crippen LogP contribution >= 0.6 is 0 Å². The quantitative estimate of drug-likeness (QED) is 0.663. The van der Waals surface area contributed by atoms with E-state index in [4.69, 9.17) is 10.2 Å². The number of benzene rings is 1. The zero-order chi connectivity index (χ0) is 9.14. The molecule has 6 N–H and O–H groups in total. The molecule has 0 radical (unpaired) electrons. The molecule has 0 fully saturated rings. The molecule has 0 atom stereocenters. The van der Waals surface area contributed by atoms with Crippen LogP contribution < -0.4 is 0 Å². The molecule has 14 heavy (non-hydrogen) atoms. The van der Waals surface area contributed by atoms with Crippen LogP contribution in [0.2, 0.25) is 0 Å². The molecular formula is C8H10O6. The molecule has 0 aliphatic carbocycles. The summed E-state index contributed by atoms with van der Waals surface area (Å²) in [6.45, 7) is 0. The summed E-state index contributed by atoms with van der Waals surface area (Å²) in [7, 11) is 0. The third kappa shape index (κ3) is 3.21. The van der Waals surface area contributed by atoms with Crippen molar-refractivity contribution in [3.63, 3.8) is 0 Å². The highest BCUT2D eigenvalue weighted by atomic mass is 16.4. The second-order valence-electron chi connectivity index (χ2n) is 2.19. The van der Waals surface area contributed by atoms with Gasteiger partial charge in [0.1, 0.15) is 0 Å². The second kappa shape index (κ2) is 5.68. The molecule has 6 nitrogen and oxygen atoms in total. The Balaban J connectivity index is 0. The van der Waals surface area contributed by atoms with Gasteiger partial charge in [-0.05, 0) is 18.2 Å². The van der Waals surface area contributed by atoms with E-state index >= 15 is 0 Å². The number of carboxylic acids is 2. The van der Waals surface area contributed by atoms with Crippen molar-refractivity contribution in [2.45, 2.75) is 0 Å². The van der Waals surface area contributed by atoms with E-state index in [0.29, 0.717) is 0 Å². The zero-order valence-electron chi connectivity index (χ0n) is 7.02. The lowest BCUT2D eigenvalue weighted by molar-refractivity contribution is 0.0696. The van der Waals surface area contributed by atoms with E-state index in [2.05, 4.69) is 0 Å². The molecule has 0 amide bonds. The Labute approximate surface area is 79.0 Å². The number of carbonyl (C=O) groups is 2. The van der Waals surface area contributed by atoms with Gasteiger partial charge in [0.25, 0.3) is 0 Å². The van der Waals surface area contributed by atoms with Gasteiger partial charge in [-0.3, -0.25) is 0 Å². The minimum atomic E-state index is -1.13. The van der Waals surface area contributed by atoms with E-state index in [1.54, 1.807) is 0 Å². The molecule has 0 aromatic heterocycles. The van der Waals surface area contributed by atoms with Crippen molar-refractivity contribution in [2.75, 3.05) is 0 Å². The van der Waals surface area contributed by atoms with Gasteiger partial charge in [-0.2, -0.15) is 0 Å². The Hall–Kier alpha value is -1.92. The molecule has 1 aromatic rings. The van der Waals surface area contributed by atoms with E-state index in [0.717, 1.165) is 6.07 Å². The van der Waals surface area contributed by atoms with Crippen molar-refractivity contribution in [3.8, 4) is 0 Å². The standard InChI is InChI=1S/C8H6O4.2H2O/c9-7(10)5-2-1-3-6(4-5)8(11)12;;/h1-4H,(H,9,10)(H,11,12);2*1H2. The Morgan fingerprint density at radius 3 is 1.57 bits per heavy atom. The maximum absolute atomic E-state index is 10.4. The smallest absolute Gasteiger partial charge is 0.335 e. The second-order valence-corrected chi connectivity index (χ2v) is 2.19.